The maximum absolute atomic E-state index is 14.1. The minimum absolute atomic E-state index is 0.0313. The molecule has 0 radical (unpaired) electrons. The van der Waals surface area contributed by atoms with Gasteiger partial charge in [0.25, 0.3) is 6.43 Å². The number of aromatic nitrogens is 2. The quantitative estimate of drug-likeness (QED) is 0.731. The number of rotatable bonds is 5. The van der Waals surface area contributed by atoms with Crippen LogP contribution < -0.4 is 10.1 Å². The fourth-order valence-corrected chi connectivity index (χ4v) is 2.64. The van der Waals surface area contributed by atoms with Gasteiger partial charge in [-0.05, 0) is 18.6 Å². The van der Waals surface area contributed by atoms with Gasteiger partial charge in [0.1, 0.15) is 23.7 Å². The van der Waals surface area contributed by atoms with Crippen LogP contribution in [-0.4, -0.2) is 17.1 Å². The van der Waals surface area contributed by atoms with Crippen LogP contribution >= 0.6 is 0 Å². The molecule has 0 saturated heterocycles. The van der Waals surface area contributed by atoms with Gasteiger partial charge in [0, 0.05) is 23.6 Å². The van der Waals surface area contributed by atoms with E-state index in [9.17, 15) is 13.2 Å². The average molecular weight is 347 g/mol. The van der Waals surface area contributed by atoms with Crippen molar-refractivity contribution in [1.29, 1.82) is 0 Å². The van der Waals surface area contributed by atoms with Crippen molar-refractivity contribution in [3.63, 3.8) is 0 Å². The number of fused-ring (bicyclic) bond motifs is 1. The number of hydrogen-bond acceptors (Lipinski definition) is 4. The predicted molar refractivity (Wildman–Crippen MR) is 89.5 cm³/mol. The molecule has 0 aliphatic heterocycles. The maximum atomic E-state index is 14.1. The Hall–Kier alpha value is -2.83. The second-order valence-electron chi connectivity index (χ2n) is 5.54. The molecule has 0 atom stereocenters. The first-order valence-corrected chi connectivity index (χ1v) is 7.60. The van der Waals surface area contributed by atoms with Crippen molar-refractivity contribution in [2.45, 2.75) is 19.9 Å². The molecule has 0 aliphatic carbocycles. The molecule has 130 valence electrons. The number of nitrogens with one attached hydrogen (secondary N) is 1. The van der Waals surface area contributed by atoms with Gasteiger partial charge in [-0.1, -0.05) is 18.2 Å². The lowest BCUT2D eigenvalue weighted by Crippen LogP contribution is -2.06. The summed E-state index contributed by atoms with van der Waals surface area (Å²) in [6.45, 7) is 1.92. The third-order valence-electron chi connectivity index (χ3n) is 3.94. The molecular weight excluding hydrogens is 331 g/mol. The molecule has 0 aliphatic rings. The van der Waals surface area contributed by atoms with Crippen molar-refractivity contribution in [2.24, 2.45) is 0 Å². The molecular formula is C18H16F3N3O. The lowest BCUT2D eigenvalue weighted by molar-refractivity contribution is 0.146. The van der Waals surface area contributed by atoms with Gasteiger partial charge >= 0.3 is 0 Å². The van der Waals surface area contributed by atoms with Gasteiger partial charge < -0.3 is 10.1 Å². The minimum atomic E-state index is -2.85. The fraction of sp³-hybridized carbons (Fsp3) is 0.222. The first kappa shape index (κ1) is 17.0. The molecule has 3 aromatic rings. The second-order valence-corrected chi connectivity index (χ2v) is 5.54. The first-order chi connectivity index (χ1) is 12.0. The Labute approximate surface area is 142 Å². The Morgan fingerprint density at radius 1 is 1.20 bits per heavy atom. The summed E-state index contributed by atoms with van der Waals surface area (Å²) in [6.07, 6.45) is -1.47. The normalized spacial score (nSPS) is 11.1. The predicted octanol–water partition coefficient (Wildman–Crippen LogP) is 4.64. The van der Waals surface area contributed by atoms with Crippen LogP contribution in [-0.2, 0) is 6.54 Å². The summed E-state index contributed by atoms with van der Waals surface area (Å²) < 4.78 is 45.0. The summed E-state index contributed by atoms with van der Waals surface area (Å²) in [5.74, 6) is 0.298. The number of aryl methyl sites for hydroxylation is 1. The van der Waals surface area contributed by atoms with Gasteiger partial charge in [0.15, 0.2) is 0 Å². The molecule has 4 nitrogen and oxygen atoms in total. The van der Waals surface area contributed by atoms with Crippen LogP contribution in [0.15, 0.2) is 36.7 Å². The van der Waals surface area contributed by atoms with Crippen molar-refractivity contribution < 1.29 is 17.9 Å². The molecule has 0 spiro atoms. The summed E-state index contributed by atoms with van der Waals surface area (Å²) >= 11 is 0. The van der Waals surface area contributed by atoms with E-state index in [1.165, 1.54) is 18.5 Å². The molecule has 1 N–H and O–H groups in total. The lowest BCUT2D eigenvalue weighted by Gasteiger charge is -2.12. The van der Waals surface area contributed by atoms with E-state index in [0.717, 1.165) is 17.0 Å². The van der Waals surface area contributed by atoms with Gasteiger partial charge in [-0.3, -0.25) is 0 Å². The third kappa shape index (κ3) is 3.35. The van der Waals surface area contributed by atoms with Crippen molar-refractivity contribution in [3.05, 3.63) is 59.2 Å². The molecule has 1 heterocycles. The fourth-order valence-electron chi connectivity index (χ4n) is 2.64. The van der Waals surface area contributed by atoms with Crippen LogP contribution in [0.25, 0.3) is 10.9 Å². The Balaban J connectivity index is 1.92. The summed E-state index contributed by atoms with van der Waals surface area (Å²) in [7, 11) is 1.58. The summed E-state index contributed by atoms with van der Waals surface area (Å²) in [5.41, 5.74) is 1.11. The summed E-state index contributed by atoms with van der Waals surface area (Å²) in [5, 5.41) is 3.74. The number of methoxy groups -OCH3 is 1. The van der Waals surface area contributed by atoms with Gasteiger partial charge in [-0.2, -0.15) is 0 Å². The first-order valence-electron chi connectivity index (χ1n) is 7.60. The van der Waals surface area contributed by atoms with E-state index in [-0.39, 0.29) is 12.1 Å². The zero-order valence-corrected chi connectivity index (χ0v) is 13.7. The Kier molecular flexibility index (Phi) is 4.74. The molecule has 2 aromatic carbocycles. The molecule has 0 fully saturated rings. The molecule has 1 aromatic heterocycles. The third-order valence-corrected chi connectivity index (χ3v) is 3.94. The molecule has 3 rings (SSSR count). The molecule has 0 unspecified atom stereocenters. The Morgan fingerprint density at radius 3 is 2.72 bits per heavy atom. The number of hydrogen-bond donors (Lipinski definition) is 1. The van der Waals surface area contributed by atoms with Crippen LogP contribution in [0, 0.1) is 12.7 Å². The number of nitrogens with zero attached hydrogens (tertiary/aromatic N) is 2. The Morgan fingerprint density at radius 2 is 2.00 bits per heavy atom. The highest BCUT2D eigenvalue weighted by molar-refractivity contribution is 5.90. The average Bonchev–Trinajstić information content (AvgIpc) is 2.60. The highest BCUT2D eigenvalue weighted by Gasteiger charge is 2.16. The van der Waals surface area contributed by atoms with Gasteiger partial charge in [-0.25, -0.2) is 23.1 Å². The number of alkyl halides is 2. The van der Waals surface area contributed by atoms with Crippen LogP contribution in [0.1, 0.15) is 23.1 Å². The monoisotopic (exact) mass is 347 g/mol. The highest BCUT2D eigenvalue weighted by atomic mass is 19.3. The van der Waals surface area contributed by atoms with Crippen LogP contribution in [0.2, 0.25) is 0 Å². The van der Waals surface area contributed by atoms with Crippen LogP contribution in [0.3, 0.4) is 0 Å². The lowest BCUT2D eigenvalue weighted by atomic mass is 10.1. The van der Waals surface area contributed by atoms with E-state index < -0.39 is 17.8 Å². The van der Waals surface area contributed by atoms with Gasteiger partial charge in [0.2, 0.25) is 0 Å². The molecule has 25 heavy (non-hydrogen) atoms. The summed E-state index contributed by atoms with van der Waals surface area (Å²) in [6, 6.07) is 7.61. The zero-order chi connectivity index (χ0) is 18.0. The second kappa shape index (κ2) is 6.96. The topological polar surface area (TPSA) is 47.0 Å². The summed E-state index contributed by atoms with van der Waals surface area (Å²) in [4.78, 5) is 8.37. The zero-order valence-electron chi connectivity index (χ0n) is 13.7. The number of ether oxygens (including phenoxy) is 1. The standard InChI is InChI=1S/C18H16F3N3O/c1-10-6-13-14(7-15(10)25-2)23-9-24-18(13)22-8-11-4-3-5-12(16(11)19)17(20)21/h3-7,9,17H,8H2,1-2H3,(H,22,23,24). The minimum Gasteiger partial charge on any atom is -0.496 e. The molecule has 7 heteroatoms. The smallest absolute Gasteiger partial charge is 0.266 e. The van der Waals surface area contributed by atoms with E-state index in [1.807, 2.05) is 13.0 Å². The van der Waals surface area contributed by atoms with E-state index in [0.29, 0.717) is 17.1 Å². The largest absolute Gasteiger partial charge is 0.496 e. The van der Waals surface area contributed by atoms with Gasteiger partial charge in [0.05, 0.1) is 18.2 Å². The van der Waals surface area contributed by atoms with E-state index in [2.05, 4.69) is 15.3 Å². The van der Waals surface area contributed by atoms with Crippen molar-refractivity contribution in [1.82, 2.24) is 9.97 Å². The number of benzene rings is 2. The number of halogens is 3. The molecule has 0 bridgehead atoms. The van der Waals surface area contributed by atoms with Crippen LogP contribution in [0.4, 0.5) is 19.0 Å². The maximum Gasteiger partial charge on any atom is 0.266 e. The van der Waals surface area contributed by atoms with E-state index in [1.54, 1.807) is 13.2 Å². The van der Waals surface area contributed by atoms with Crippen molar-refractivity contribution in [3.8, 4) is 5.75 Å². The number of anilines is 1. The molecule has 0 amide bonds. The van der Waals surface area contributed by atoms with E-state index >= 15 is 0 Å². The molecule has 0 saturated carbocycles. The van der Waals surface area contributed by atoms with E-state index in [4.69, 9.17) is 4.74 Å². The highest BCUT2D eigenvalue weighted by Crippen LogP contribution is 2.28. The Bertz CT molecular complexity index is 915. The van der Waals surface area contributed by atoms with Gasteiger partial charge in [-0.15, -0.1) is 0 Å². The van der Waals surface area contributed by atoms with Crippen molar-refractivity contribution in [2.75, 3.05) is 12.4 Å². The van der Waals surface area contributed by atoms with Crippen LogP contribution in [0.5, 0.6) is 5.75 Å². The van der Waals surface area contributed by atoms with Crippen molar-refractivity contribution >= 4 is 16.7 Å². The SMILES string of the molecule is COc1cc2ncnc(NCc3cccc(C(F)F)c3F)c2cc1C.